The number of hydrogen-bond acceptors (Lipinski definition) is 5. The van der Waals surface area contributed by atoms with Gasteiger partial charge in [-0.1, -0.05) is 19.0 Å². The highest BCUT2D eigenvalue weighted by atomic mass is 35.5. The van der Waals surface area contributed by atoms with Gasteiger partial charge in [0.15, 0.2) is 0 Å². The zero-order chi connectivity index (χ0) is 20.9. The third kappa shape index (κ3) is 3.87. The summed E-state index contributed by atoms with van der Waals surface area (Å²) in [6.07, 6.45) is 10.8. The second-order valence-corrected chi connectivity index (χ2v) is 11.5. The lowest BCUT2D eigenvalue weighted by Crippen LogP contribution is -2.56. The van der Waals surface area contributed by atoms with Crippen LogP contribution in [0.5, 0.6) is 0 Å². The van der Waals surface area contributed by atoms with Crippen LogP contribution in [0, 0.1) is 40.4 Å². The number of fused-ring (bicyclic) bond motifs is 5. The quantitative estimate of drug-likeness (QED) is 0.621. The third-order valence-electron chi connectivity index (χ3n) is 10.2. The van der Waals surface area contributed by atoms with Gasteiger partial charge in [0.05, 0.1) is 5.71 Å². The number of hydrogen-bond donors (Lipinski definition) is 2. The fourth-order valence-electron chi connectivity index (χ4n) is 8.51. The molecule has 4 aliphatic carbocycles. The molecule has 0 amide bonds. The Balaban J connectivity index is 0.00000231. The summed E-state index contributed by atoms with van der Waals surface area (Å²) in [6, 6.07) is 0. The van der Waals surface area contributed by atoms with Crippen molar-refractivity contribution in [2.45, 2.75) is 84.2 Å². The molecule has 8 atom stereocenters. The van der Waals surface area contributed by atoms with Crippen molar-refractivity contribution < 1.29 is 14.7 Å². The van der Waals surface area contributed by atoms with E-state index < -0.39 is 0 Å². The van der Waals surface area contributed by atoms with Crippen LogP contribution in [0.15, 0.2) is 5.16 Å². The van der Waals surface area contributed by atoms with Crippen molar-refractivity contribution in [1.82, 2.24) is 5.32 Å². The standard InChI is InChI=1S/C25H40N2O3.ClH/c1-24-9-5-17(27-30-18-7-11-26-15-18)14-22(24)16(8-12-28)13-19-20-3-4-23(29)25(20,2)10-6-21(19)24;/h16,18-22,26,28H,3-15H2,1-2H3;1H/t16-,18+,19-,20-,21-,22?,24+,25-;/m0./s1. The second kappa shape index (κ2) is 8.95. The maximum absolute atomic E-state index is 12.7. The molecule has 1 heterocycles. The summed E-state index contributed by atoms with van der Waals surface area (Å²) in [7, 11) is 0. The molecule has 1 saturated heterocycles. The first kappa shape index (κ1) is 23.5. The Bertz CT molecular complexity index is 709. The molecule has 31 heavy (non-hydrogen) atoms. The van der Waals surface area contributed by atoms with Crippen LogP contribution in [-0.4, -0.2) is 42.4 Å². The Morgan fingerprint density at radius 1 is 1.13 bits per heavy atom. The number of aliphatic hydroxyl groups excluding tert-OH is 1. The highest BCUT2D eigenvalue weighted by Crippen LogP contribution is 2.66. The van der Waals surface area contributed by atoms with Crippen LogP contribution < -0.4 is 5.32 Å². The fourth-order valence-corrected chi connectivity index (χ4v) is 8.51. The molecular weight excluding hydrogens is 412 g/mol. The minimum Gasteiger partial charge on any atom is -0.396 e. The van der Waals surface area contributed by atoms with Gasteiger partial charge in [0.25, 0.3) is 0 Å². The number of nitrogens with one attached hydrogen (secondary N) is 1. The fraction of sp³-hybridized carbons (Fsp3) is 0.920. The van der Waals surface area contributed by atoms with E-state index in [2.05, 4.69) is 24.3 Å². The van der Waals surface area contributed by atoms with E-state index in [1.807, 2.05) is 0 Å². The molecule has 1 unspecified atom stereocenters. The predicted octanol–water partition coefficient (Wildman–Crippen LogP) is 4.36. The Hall–Kier alpha value is -0.650. The lowest BCUT2D eigenvalue weighted by atomic mass is 9.43. The molecule has 4 saturated carbocycles. The smallest absolute Gasteiger partial charge is 0.141 e. The van der Waals surface area contributed by atoms with Gasteiger partial charge in [-0.05, 0) is 92.9 Å². The normalized spacial score (nSPS) is 48.0. The molecule has 0 aromatic carbocycles. The predicted molar refractivity (Wildman–Crippen MR) is 124 cm³/mol. The molecule has 1 aliphatic heterocycles. The zero-order valence-electron chi connectivity index (χ0n) is 19.3. The Morgan fingerprint density at radius 2 is 1.97 bits per heavy atom. The van der Waals surface area contributed by atoms with E-state index in [0.29, 0.717) is 34.9 Å². The third-order valence-corrected chi connectivity index (χ3v) is 10.2. The molecule has 5 aliphatic rings. The number of carbonyl (C=O) groups excluding carboxylic acids is 1. The van der Waals surface area contributed by atoms with E-state index in [9.17, 15) is 9.90 Å². The summed E-state index contributed by atoms with van der Waals surface area (Å²) < 4.78 is 0. The number of halogens is 1. The topological polar surface area (TPSA) is 70.9 Å². The van der Waals surface area contributed by atoms with E-state index >= 15 is 0 Å². The van der Waals surface area contributed by atoms with Crippen molar-refractivity contribution in [2.24, 2.45) is 45.6 Å². The number of oxime groups is 1. The number of nitrogens with zero attached hydrogens (tertiary/aromatic N) is 1. The molecule has 2 N–H and O–H groups in total. The number of ketones is 1. The summed E-state index contributed by atoms with van der Waals surface area (Å²) >= 11 is 0. The van der Waals surface area contributed by atoms with E-state index in [0.717, 1.165) is 64.0 Å². The molecule has 176 valence electrons. The number of aliphatic hydroxyl groups is 1. The van der Waals surface area contributed by atoms with Gasteiger partial charge in [-0.25, -0.2) is 0 Å². The Kier molecular flexibility index (Phi) is 6.78. The van der Waals surface area contributed by atoms with Gasteiger partial charge in [-0.3, -0.25) is 4.79 Å². The van der Waals surface area contributed by atoms with Gasteiger partial charge in [0, 0.05) is 31.4 Å². The van der Waals surface area contributed by atoms with E-state index in [1.54, 1.807) is 0 Å². The van der Waals surface area contributed by atoms with Gasteiger partial charge < -0.3 is 15.3 Å². The summed E-state index contributed by atoms with van der Waals surface area (Å²) in [5, 5.41) is 17.8. The van der Waals surface area contributed by atoms with E-state index in [4.69, 9.17) is 4.84 Å². The van der Waals surface area contributed by atoms with Crippen LogP contribution in [0.3, 0.4) is 0 Å². The number of carbonyl (C=O) groups is 1. The second-order valence-electron chi connectivity index (χ2n) is 11.5. The largest absolute Gasteiger partial charge is 0.396 e. The molecule has 0 radical (unpaired) electrons. The molecule has 0 aromatic rings. The molecule has 6 heteroatoms. The maximum atomic E-state index is 12.7. The first-order valence-corrected chi connectivity index (χ1v) is 12.5. The van der Waals surface area contributed by atoms with Gasteiger partial charge in [-0.2, -0.15) is 0 Å². The monoisotopic (exact) mass is 452 g/mol. The van der Waals surface area contributed by atoms with Crippen molar-refractivity contribution in [3.05, 3.63) is 0 Å². The van der Waals surface area contributed by atoms with Gasteiger partial charge in [0.2, 0.25) is 0 Å². The molecule has 5 fully saturated rings. The average Bonchev–Trinajstić information content (AvgIpc) is 3.35. The maximum Gasteiger partial charge on any atom is 0.141 e. The first-order valence-electron chi connectivity index (χ1n) is 12.5. The number of rotatable bonds is 4. The highest BCUT2D eigenvalue weighted by Gasteiger charge is 2.61. The summed E-state index contributed by atoms with van der Waals surface area (Å²) in [5.74, 6) is 3.60. The first-order chi connectivity index (χ1) is 14.5. The minimum absolute atomic E-state index is 0. The van der Waals surface area contributed by atoms with Crippen molar-refractivity contribution in [3.63, 3.8) is 0 Å². The minimum atomic E-state index is -0.0709. The average molecular weight is 453 g/mol. The summed E-state index contributed by atoms with van der Waals surface area (Å²) in [4.78, 5) is 18.6. The van der Waals surface area contributed by atoms with Crippen molar-refractivity contribution in [1.29, 1.82) is 0 Å². The van der Waals surface area contributed by atoms with Crippen LogP contribution in [0.1, 0.15) is 78.1 Å². The SMILES string of the molecule is C[C@]12CCC(=NO[C@@H]3CCNC3)CC1[C@@H](CCO)C[C@@H]1[C@@H]2CC[C@]2(C)C(=O)CC[C@@H]12.Cl. The van der Waals surface area contributed by atoms with Gasteiger partial charge in [0.1, 0.15) is 11.9 Å². The van der Waals surface area contributed by atoms with Crippen LogP contribution in [0.4, 0.5) is 0 Å². The van der Waals surface area contributed by atoms with Gasteiger partial charge in [-0.15, -0.1) is 12.4 Å². The molecule has 0 spiro atoms. The van der Waals surface area contributed by atoms with Crippen molar-refractivity contribution in [2.75, 3.05) is 19.7 Å². The Morgan fingerprint density at radius 3 is 2.71 bits per heavy atom. The van der Waals surface area contributed by atoms with Gasteiger partial charge >= 0.3 is 0 Å². The van der Waals surface area contributed by atoms with Crippen LogP contribution >= 0.6 is 12.4 Å². The summed E-state index contributed by atoms with van der Waals surface area (Å²) in [5.41, 5.74) is 1.48. The van der Waals surface area contributed by atoms with Crippen molar-refractivity contribution in [3.8, 4) is 0 Å². The lowest BCUT2D eigenvalue weighted by Gasteiger charge is -2.62. The lowest BCUT2D eigenvalue weighted by molar-refractivity contribution is -0.143. The molecule has 0 aromatic heterocycles. The molecule has 0 bridgehead atoms. The zero-order valence-corrected chi connectivity index (χ0v) is 20.1. The molecular formula is C25H41ClN2O3. The molecule has 5 nitrogen and oxygen atoms in total. The van der Waals surface area contributed by atoms with Crippen molar-refractivity contribution >= 4 is 23.9 Å². The van der Waals surface area contributed by atoms with Crippen LogP contribution in [0.2, 0.25) is 0 Å². The Labute approximate surface area is 193 Å². The molecule has 5 rings (SSSR count). The highest BCUT2D eigenvalue weighted by molar-refractivity contribution is 5.87. The summed E-state index contributed by atoms with van der Waals surface area (Å²) in [6.45, 7) is 7.01. The van der Waals surface area contributed by atoms with E-state index in [-0.39, 0.29) is 30.5 Å². The van der Waals surface area contributed by atoms with E-state index in [1.165, 1.54) is 25.0 Å². The number of Topliss-reactive ketones (excluding diaryl/α,β-unsaturated/α-hetero) is 1. The van der Waals surface area contributed by atoms with Crippen LogP contribution in [0.25, 0.3) is 0 Å². The van der Waals surface area contributed by atoms with Crippen LogP contribution in [-0.2, 0) is 9.63 Å².